The Hall–Kier alpha value is -0.820. The molecule has 0 aromatic heterocycles. The zero-order chi connectivity index (χ0) is 11.2. The van der Waals surface area contributed by atoms with Gasteiger partial charge in [-0.05, 0) is 13.8 Å². The summed E-state index contributed by atoms with van der Waals surface area (Å²) < 4.78 is 15.9. The predicted molar refractivity (Wildman–Crippen MR) is 48.0 cm³/mol. The van der Waals surface area contributed by atoms with Crippen LogP contribution in [0.25, 0.3) is 0 Å². The molecule has 0 radical (unpaired) electrons. The molecule has 0 aromatic carbocycles. The lowest BCUT2D eigenvalue weighted by Gasteiger charge is -2.22. The molecule has 6 nitrogen and oxygen atoms in total. The van der Waals surface area contributed by atoms with E-state index in [2.05, 4.69) is 0 Å². The van der Waals surface area contributed by atoms with Crippen LogP contribution >= 0.6 is 0 Å². The van der Waals surface area contributed by atoms with E-state index in [-0.39, 0.29) is 5.76 Å². The fourth-order valence-electron chi connectivity index (χ4n) is 1.89. The number of aliphatic hydroxyl groups excluding tert-OH is 3. The summed E-state index contributed by atoms with van der Waals surface area (Å²) in [5.74, 6) is -1.21. The maximum absolute atomic E-state index is 9.50. The van der Waals surface area contributed by atoms with Crippen LogP contribution in [0.15, 0.2) is 12.0 Å². The minimum atomic E-state index is -1.16. The van der Waals surface area contributed by atoms with Crippen molar-refractivity contribution in [2.24, 2.45) is 0 Å². The molecule has 3 N–H and O–H groups in total. The first-order valence-electron chi connectivity index (χ1n) is 4.67. The quantitative estimate of drug-likeness (QED) is 0.544. The van der Waals surface area contributed by atoms with Gasteiger partial charge in [0.2, 0.25) is 0 Å². The van der Waals surface area contributed by atoms with Gasteiger partial charge in [0.05, 0.1) is 0 Å². The summed E-state index contributed by atoms with van der Waals surface area (Å²) in [5, 5.41) is 27.5. The van der Waals surface area contributed by atoms with Gasteiger partial charge in [-0.3, -0.25) is 0 Å². The van der Waals surface area contributed by atoms with Crippen LogP contribution in [0.3, 0.4) is 0 Å². The van der Waals surface area contributed by atoms with Crippen molar-refractivity contribution in [1.82, 2.24) is 0 Å². The molecule has 0 aliphatic carbocycles. The van der Waals surface area contributed by atoms with Gasteiger partial charge < -0.3 is 29.5 Å². The Morgan fingerprint density at radius 1 is 1.27 bits per heavy atom. The molecule has 2 saturated heterocycles. The highest BCUT2D eigenvalue weighted by Gasteiger charge is 2.56. The Labute approximate surface area is 86.7 Å². The summed E-state index contributed by atoms with van der Waals surface area (Å²) in [7, 11) is 0. The zero-order valence-corrected chi connectivity index (χ0v) is 8.45. The van der Waals surface area contributed by atoms with E-state index in [1.165, 1.54) is 0 Å². The number of hydrogen-bond donors (Lipinski definition) is 3. The molecule has 0 saturated carbocycles. The molecule has 2 fully saturated rings. The van der Waals surface area contributed by atoms with Crippen molar-refractivity contribution in [1.29, 1.82) is 0 Å². The lowest BCUT2D eigenvalue weighted by Crippen LogP contribution is -2.31. The Morgan fingerprint density at radius 2 is 1.87 bits per heavy atom. The van der Waals surface area contributed by atoms with Crippen molar-refractivity contribution in [2.75, 3.05) is 0 Å². The van der Waals surface area contributed by atoms with E-state index >= 15 is 0 Å². The molecule has 2 aliphatic heterocycles. The molecular weight excluding hydrogens is 204 g/mol. The topological polar surface area (TPSA) is 88.4 Å². The van der Waals surface area contributed by atoms with Crippen LogP contribution in [-0.2, 0) is 14.2 Å². The fraction of sp³-hybridized carbons (Fsp3) is 0.778. The first-order valence-corrected chi connectivity index (χ1v) is 4.67. The molecule has 2 heterocycles. The van der Waals surface area contributed by atoms with Gasteiger partial charge in [-0.15, -0.1) is 0 Å². The van der Waals surface area contributed by atoms with Crippen LogP contribution in [0.5, 0.6) is 0 Å². The van der Waals surface area contributed by atoms with E-state index in [4.69, 9.17) is 19.3 Å². The molecule has 6 heteroatoms. The van der Waals surface area contributed by atoms with E-state index in [0.717, 1.165) is 0 Å². The van der Waals surface area contributed by atoms with Gasteiger partial charge in [0.25, 0.3) is 0 Å². The molecule has 4 atom stereocenters. The lowest BCUT2D eigenvalue weighted by atomic mass is 10.1. The molecule has 0 bridgehead atoms. The summed E-state index contributed by atoms with van der Waals surface area (Å²) in [5.41, 5.74) is 0. The van der Waals surface area contributed by atoms with Gasteiger partial charge in [-0.25, -0.2) is 0 Å². The van der Waals surface area contributed by atoms with E-state index in [1.807, 2.05) is 0 Å². The molecule has 0 spiro atoms. The van der Waals surface area contributed by atoms with Crippen molar-refractivity contribution in [2.45, 2.75) is 44.2 Å². The third kappa shape index (κ3) is 1.69. The third-order valence-electron chi connectivity index (χ3n) is 2.45. The lowest BCUT2D eigenvalue weighted by molar-refractivity contribution is -0.218. The first kappa shape index (κ1) is 10.7. The maximum Gasteiger partial charge on any atom is 0.184 e. The first-order chi connectivity index (χ1) is 6.94. The zero-order valence-electron chi connectivity index (χ0n) is 8.45. The van der Waals surface area contributed by atoms with Crippen LogP contribution in [0, 0.1) is 0 Å². The Bertz CT molecular complexity index is 286. The third-order valence-corrected chi connectivity index (χ3v) is 2.45. The highest BCUT2D eigenvalue weighted by atomic mass is 16.8. The Kier molecular flexibility index (Phi) is 2.38. The molecule has 2 aliphatic rings. The van der Waals surface area contributed by atoms with E-state index < -0.39 is 30.4 Å². The monoisotopic (exact) mass is 218 g/mol. The largest absolute Gasteiger partial charge is 0.512 e. The average Bonchev–Trinajstić information content (AvgIpc) is 2.61. The normalized spacial score (nSPS) is 44.3. The number of aliphatic hydroxyl groups is 3. The van der Waals surface area contributed by atoms with Crippen LogP contribution in [0.1, 0.15) is 13.8 Å². The van der Waals surface area contributed by atoms with Crippen LogP contribution in [-0.4, -0.2) is 45.7 Å². The molecule has 2 rings (SSSR count). The van der Waals surface area contributed by atoms with E-state index in [0.29, 0.717) is 6.26 Å². The molecule has 0 amide bonds. The minimum Gasteiger partial charge on any atom is -0.512 e. The molecule has 15 heavy (non-hydrogen) atoms. The van der Waals surface area contributed by atoms with E-state index in [9.17, 15) is 10.2 Å². The molecule has 0 aromatic rings. The van der Waals surface area contributed by atoms with Crippen molar-refractivity contribution < 1.29 is 29.5 Å². The van der Waals surface area contributed by atoms with Crippen molar-refractivity contribution >= 4 is 0 Å². The summed E-state index contributed by atoms with van der Waals surface area (Å²) >= 11 is 0. The minimum absolute atomic E-state index is 0.386. The van der Waals surface area contributed by atoms with Gasteiger partial charge in [0.1, 0.15) is 24.6 Å². The van der Waals surface area contributed by atoms with Gasteiger partial charge in [-0.2, -0.15) is 0 Å². The molecular formula is C9H14O6. The van der Waals surface area contributed by atoms with Crippen molar-refractivity contribution in [3.05, 3.63) is 12.0 Å². The number of ether oxygens (including phenoxy) is 3. The van der Waals surface area contributed by atoms with Crippen LogP contribution in [0.4, 0.5) is 0 Å². The van der Waals surface area contributed by atoms with Gasteiger partial charge in [0, 0.05) is 0 Å². The highest BCUT2D eigenvalue weighted by molar-refractivity contribution is 5.07. The van der Waals surface area contributed by atoms with Gasteiger partial charge in [0.15, 0.2) is 17.8 Å². The second-order valence-electron chi connectivity index (χ2n) is 4.07. The summed E-state index contributed by atoms with van der Waals surface area (Å²) in [6, 6.07) is 0. The van der Waals surface area contributed by atoms with E-state index in [1.54, 1.807) is 13.8 Å². The SMILES string of the molecule is CC1(C)O[C@H]2[C@@H](/C(O)=C\O)OC(O)[C@H]2O1. The number of fused-ring (bicyclic) bond motifs is 1. The van der Waals surface area contributed by atoms with Crippen LogP contribution < -0.4 is 0 Å². The van der Waals surface area contributed by atoms with Gasteiger partial charge in [-0.1, -0.05) is 0 Å². The molecule has 1 unspecified atom stereocenters. The highest BCUT2D eigenvalue weighted by Crippen LogP contribution is 2.39. The number of rotatable bonds is 1. The van der Waals surface area contributed by atoms with Crippen molar-refractivity contribution in [3.63, 3.8) is 0 Å². The fourth-order valence-corrected chi connectivity index (χ4v) is 1.89. The average molecular weight is 218 g/mol. The Morgan fingerprint density at radius 3 is 2.47 bits per heavy atom. The summed E-state index contributed by atoms with van der Waals surface area (Å²) in [4.78, 5) is 0. The smallest absolute Gasteiger partial charge is 0.184 e. The molecule has 86 valence electrons. The number of hydrogen-bond acceptors (Lipinski definition) is 6. The second-order valence-corrected chi connectivity index (χ2v) is 4.07. The summed E-state index contributed by atoms with van der Waals surface area (Å²) in [6.45, 7) is 3.41. The van der Waals surface area contributed by atoms with Crippen molar-refractivity contribution in [3.8, 4) is 0 Å². The second kappa shape index (κ2) is 3.34. The maximum atomic E-state index is 9.50. The van der Waals surface area contributed by atoms with Gasteiger partial charge >= 0.3 is 0 Å². The predicted octanol–water partition coefficient (Wildman–Crippen LogP) is 0.181. The van der Waals surface area contributed by atoms with Crippen LogP contribution in [0.2, 0.25) is 0 Å². The Balaban J connectivity index is 2.19. The summed E-state index contributed by atoms with van der Waals surface area (Å²) in [6.07, 6.45) is -2.79. The standard InChI is InChI=1S/C9H14O6/c1-9(2)14-6-5(4(11)3-10)13-8(12)7(6)15-9/h3,5-8,10-12H,1-2H3/b4-3+/t5-,6+,7+,8?/m1/s1.